The van der Waals surface area contributed by atoms with Gasteiger partial charge in [-0.3, -0.25) is 9.25 Å². The van der Waals surface area contributed by atoms with Gasteiger partial charge in [-0.25, -0.2) is 4.98 Å². The van der Waals surface area contributed by atoms with Crippen LogP contribution in [0.3, 0.4) is 0 Å². The topological polar surface area (TPSA) is 70.9 Å². The van der Waals surface area contributed by atoms with E-state index in [1.54, 1.807) is 0 Å². The standard InChI is InChI=1S/C14H23N5O/c1-6-20-10-7-9(14(10,3)4)19-12-11(16-13(19)15)8(2)17-18(12)5/h9-10H,6-7H2,1-5H3,(H2,15,16). The largest absolute Gasteiger partial charge is 0.378 e. The molecule has 0 radical (unpaired) electrons. The van der Waals surface area contributed by atoms with Gasteiger partial charge in [-0.05, 0) is 20.3 Å². The normalized spacial score (nSPS) is 25.1. The number of imidazole rings is 1. The Kier molecular flexibility index (Phi) is 2.83. The Morgan fingerprint density at radius 2 is 2.15 bits per heavy atom. The van der Waals surface area contributed by atoms with Crippen molar-refractivity contribution in [1.82, 2.24) is 19.3 Å². The lowest BCUT2D eigenvalue weighted by molar-refractivity contribution is -0.126. The molecule has 6 nitrogen and oxygen atoms in total. The van der Waals surface area contributed by atoms with E-state index < -0.39 is 0 Å². The van der Waals surface area contributed by atoms with E-state index in [9.17, 15) is 0 Å². The van der Waals surface area contributed by atoms with E-state index >= 15 is 0 Å². The number of hydrogen-bond donors (Lipinski definition) is 1. The minimum absolute atomic E-state index is 0.0515. The maximum atomic E-state index is 6.16. The summed E-state index contributed by atoms with van der Waals surface area (Å²) in [5.41, 5.74) is 9.04. The summed E-state index contributed by atoms with van der Waals surface area (Å²) in [4.78, 5) is 4.49. The van der Waals surface area contributed by atoms with Gasteiger partial charge in [0.2, 0.25) is 5.95 Å². The van der Waals surface area contributed by atoms with Crippen molar-refractivity contribution < 1.29 is 4.74 Å². The number of nitrogen functional groups attached to an aromatic ring is 1. The summed E-state index contributed by atoms with van der Waals surface area (Å²) in [7, 11) is 1.94. The maximum Gasteiger partial charge on any atom is 0.202 e. The van der Waals surface area contributed by atoms with Crippen LogP contribution in [-0.4, -0.2) is 32.0 Å². The lowest BCUT2D eigenvalue weighted by atomic mass is 9.64. The summed E-state index contributed by atoms with van der Waals surface area (Å²) in [6.45, 7) is 9.22. The molecule has 110 valence electrons. The summed E-state index contributed by atoms with van der Waals surface area (Å²) in [6.07, 6.45) is 1.25. The van der Waals surface area contributed by atoms with E-state index in [-0.39, 0.29) is 11.5 Å². The van der Waals surface area contributed by atoms with Gasteiger partial charge in [0.1, 0.15) is 5.52 Å². The Morgan fingerprint density at radius 1 is 1.45 bits per heavy atom. The molecule has 2 atom stereocenters. The van der Waals surface area contributed by atoms with Crippen molar-refractivity contribution in [3.8, 4) is 0 Å². The summed E-state index contributed by atoms with van der Waals surface area (Å²) >= 11 is 0. The predicted molar refractivity (Wildman–Crippen MR) is 78.5 cm³/mol. The second-order valence-electron chi connectivity index (χ2n) is 6.24. The highest BCUT2D eigenvalue weighted by Crippen LogP contribution is 2.52. The van der Waals surface area contributed by atoms with Crippen molar-refractivity contribution in [3.05, 3.63) is 5.69 Å². The van der Waals surface area contributed by atoms with Crippen LogP contribution in [0.1, 0.15) is 38.9 Å². The molecule has 0 saturated heterocycles. The van der Waals surface area contributed by atoms with Gasteiger partial charge in [-0.15, -0.1) is 0 Å². The van der Waals surface area contributed by atoms with E-state index in [4.69, 9.17) is 10.5 Å². The molecule has 1 aliphatic carbocycles. The molecule has 1 saturated carbocycles. The van der Waals surface area contributed by atoms with Crippen LogP contribution < -0.4 is 5.73 Å². The average Bonchev–Trinajstić information content (AvgIpc) is 2.83. The molecule has 2 N–H and O–H groups in total. The zero-order valence-corrected chi connectivity index (χ0v) is 12.8. The van der Waals surface area contributed by atoms with Gasteiger partial charge < -0.3 is 10.5 Å². The Balaban J connectivity index is 2.06. The maximum absolute atomic E-state index is 6.16. The minimum Gasteiger partial charge on any atom is -0.378 e. The number of anilines is 1. The molecule has 0 aromatic carbocycles. The van der Waals surface area contributed by atoms with Gasteiger partial charge in [-0.1, -0.05) is 13.8 Å². The second kappa shape index (κ2) is 4.22. The van der Waals surface area contributed by atoms with Crippen molar-refractivity contribution in [1.29, 1.82) is 0 Å². The number of nitrogens with zero attached hydrogens (tertiary/aromatic N) is 4. The molecule has 3 rings (SSSR count). The molecule has 0 spiro atoms. The quantitative estimate of drug-likeness (QED) is 0.932. The van der Waals surface area contributed by atoms with Crippen LogP contribution in [0.4, 0.5) is 5.95 Å². The van der Waals surface area contributed by atoms with Gasteiger partial charge in [0.25, 0.3) is 0 Å². The molecule has 0 amide bonds. The molecule has 2 aromatic heterocycles. The second-order valence-corrected chi connectivity index (χ2v) is 6.24. The smallest absolute Gasteiger partial charge is 0.202 e. The molecule has 2 unspecified atom stereocenters. The SMILES string of the molecule is CCOC1CC(n2c(N)nc3c(C)nn(C)c32)C1(C)C. The monoisotopic (exact) mass is 277 g/mol. The van der Waals surface area contributed by atoms with Gasteiger partial charge in [0.05, 0.1) is 11.8 Å². The highest BCUT2D eigenvalue weighted by atomic mass is 16.5. The molecule has 0 aliphatic heterocycles. The highest BCUT2D eigenvalue weighted by molar-refractivity contribution is 5.77. The zero-order chi connectivity index (χ0) is 14.7. The van der Waals surface area contributed by atoms with E-state index in [0.29, 0.717) is 12.0 Å². The first-order valence-corrected chi connectivity index (χ1v) is 7.16. The molecule has 1 fully saturated rings. The minimum atomic E-state index is 0.0515. The molecule has 6 heteroatoms. The Bertz CT molecular complexity index is 654. The van der Waals surface area contributed by atoms with Gasteiger partial charge in [0.15, 0.2) is 5.65 Å². The molecular formula is C14H23N5O. The lowest BCUT2D eigenvalue weighted by Gasteiger charge is -2.52. The Hall–Kier alpha value is -1.56. The van der Waals surface area contributed by atoms with E-state index in [0.717, 1.165) is 29.9 Å². The van der Waals surface area contributed by atoms with Crippen LogP contribution in [0.25, 0.3) is 11.2 Å². The van der Waals surface area contributed by atoms with Crippen LogP contribution in [0.2, 0.25) is 0 Å². The lowest BCUT2D eigenvalue weighted by Crippen LogP contribution is -2.51. The Morgan fingerprint density at radius 3 is 2.75 bits per heavy atom. The zero-order valence-electron chi connectivity index (χ0n) is 12.8. The van der Waals surface area contributed by atoms with E-state index in [1.807, 2.05) is 25.6 Å². The van der Waals surface area contributed by atoms with Crippen molar-refractivity contribution in [3.63, 3.8) is 0 Å². The molecule has 0 bridgehead atoms. The average molecular weight is 277 g/mol. The first-order chi connectivity index (χ1) is 9.37. The number of aromatic nitrogens is 4. The van der Waals surface area contributed by atoms with Crippen molar-refractivity contribution in [2.24, 2.45) is 12.5 Å². The number of aryl methyl sites for hydroxylation is 2. The predicted octanol–water partition coefficient (Wildman–Crippen LogP) is 2.04. The molecular weight excluding hydrogens is 254 g/mol. The fraction of sp³-hybridized carbons (Fsp3) is 0.714. The third-order valence-electron chi connectivity index (χ3n) is 4.67. The van der Waals surface area contributed by atoms with Crippen LogP contribution >= 0.6 is 0 Å². The third kappa shape index (κ3) is 1.60. The van der Waals surface area contributed by atoms with Crippen LogP contribution in [0.5, 0.6) is 0 Å². The first kappa shape index (κ1) is 13.4. The number of nitrogens with two attached hydrogens (primary N) is 1. The Labute approximate surface area is 118 Å². The summed E-state index contributed by atoms with van der Waals surface area (Å²) in [5.74, 6) is 0.573. The van der Waals surface area contributed by atoms with Gasteiger partial charge in [-0.2, -0.15) is 5.10 Å². The molecule has 1 aliphatic rings. The van der Waals surface area contributed by atoms with Crippen LogP contribution in [0.15, 0.2) is 0 Å². The van der Waals surface area contributed by atoms with Gasteiger partial charge in [0, 0.05) is 25.1 Å². The highest BCUT2D eigenvalue weighted by Gasteiger charge is 2.51. The van der Waals surface area contributed by atoms with Gasteiger partial charge >= 0.3 is 0 Å². The summed E-state index contributed by atoms with van der Waals surface area (Å²) < 4.78 is 9.81. The van der Waals surface area contributed by atoms with Crippen LogP contribution in [-0.2, 0) is 11.8 Å². The summed E-state index contributed by atoms with van der Waals surface area (Å²) in [6, 6.07) is 0.304. The van der Waals surface area contributed by atoms with E-state index in [1.165, 1.54) is 0 Å². The third-order valence-corrected chi connectivity index (χ3v) is 4.67. The number of fused-ring (bicyclic) bond motifs is 1. The number of rotatable bonds is 3. The fourth-order valence-corrected chi connectivity index (χ4v) is 3.41. The number of hydrogen-bond acceptors (Lipinski definition) is 4. The van der Waals surface area contributed by atoms with Crippen molar-refractivity contribution in [2.75, 3.05) is 12.3 Å². The van der Waals surface area contributed by atoms with Crippen molar-refractivity contribution >= 4 is 17.1 Å². The fourth-order valence-electron chi connectivity index (χ4n) is 3.41. The molecule has 2 heterocycles. The van der Waals surface area contributed by atoms with E-state index in [2.05, 4.69) is 28.5 Å². The molecule has 20 heavy (non-hydrogen) atoms. The van der Waals surface area contributed by atoms with Crippen molar-refractivity contribution in [2.45, 2.75) is 46.3 Å². The first-order valence-electron chi connectivity index (χ1n) is 7.16. The molecule has 2 aromatic rings. The number of ether oxygens (including phenoxy) is 1. The van der Waals surface area contributed by atoms with Crippen LogP contribution in [0, 0.1) is 12.3 Å². The summed E-state index contributed by atoms with van der Waals surface area (Å²) in [5, 5.41) is 4.44.